The summed E-state index contributed by atoms with van der Waals surface area (Å²) < 4.78 is 5.70. The first-order chi connectivity index (χ1) is 6.74. The molecule has 1 rings (SSSR count). The Bertz CT molecular complexity index is 256. The molecule has 2 atom stereocenters. The van der Waals surface area contributed by atoms with Crippen LogP contribution in [0.1, 0.15) is 18.5 Å². The molecule has 0 aliphatic rings. The van der Waals surface area contributed by atoms with Gasteiger partial charge in [-0.05, 0) is 19.0 Å². The Kier molecular flexibility index (Phi) is 5.10. The Labute approximate surface area is 90.4 Å². The van der Waals surface area contributed by atoms with Gasteiger partial charge in [0, 0.05) is 6.04 Å². The van der Waals surface area contributed by atoms with Gasteiger partial charge in [0.05, 0.1) is 0 Å². The highest BCUT2D eigenvalue weighted by Crippen LogP contribution is 2.11. The Morgan fingerprint density at radius 2 is 2.00 bits per heavy atom. The van der Waals surface area contributed by atoms with Crippen molar-refractivity contribution in [2.45, 2.75) is 26.1 Å². The van der Waals surface area contributed by atoms with Crippen LogP contribution in [-0.2, 0) is 4.12 Å². The molecule has 78 valence electrons. The van der Waals surface area contributed by atoms with Gasteiger partial charge in [-0.15, -0.1) is 0 Å². The summed E-state index contributed by atoms with van der Waals surface area (Å²) in [6, 6.07) is 10.9. The van der Waals surface area contributed by atoms with Crippen molar-refractivity contribution in [3.63, 3.8) is 0 Å². The zero-order chi connectivity index (χ0) is 10.4. The SMILES string of the molecule is C[SiH2]O[SiH](C)NC(C)c1ccccc1. The highest BCUT2D eigenvalue weighted by atomic mass is 28.4. The molecule has 0 spiro atoms. The van der Waals surface area contributed by atoms with E-state index in [1.807, 2.05) is 6.07 Å². The fourth-order valence-electron chi connectivity index (χ4n) is 1.49. The molecule has 1 aromatic carbocycles. The van der Waals surface area contributed by atoms with Crippen LogP contribution in [-0.4, -0.2) is 19.0 Å². The first kappa shape index (κ1) is 11.6. The predicted molar refractivity (Wildman–Crippen MR) is 66.5 cm³/mol. The van der Waals surface area contributed by atoms with E-state index >= 15 is 0 Å². The summed E-state index contributed by atoms with van der Waals surface area (Å²) in [6.45, 7) is 6.58. The van der Waals surface area contributed by atoms with E-state index in [-0.39, 0.29) is 9.76 Å². The maximum Gasteiger partial charge on any atom is 0.238 e. The molecule has 0 saturated heterocycles. The molecule has 0 aliphatic heterocycles. The minimum atomic E-state index is -1.12. The van der Waals surface area contributed by atoms with Crippen molar-refractivity contribution in [2.75, 3.05) is 0 Å². The van der Waals surface area contributed by atoms with E-state index in [1.165, 1.54) is 5.56 Å². The highest BCUT2D eigenvalue weighted by Gasteiger charge is 2.09. The Morgan fingerprint density at radius 1 is 1.36 bits per heavy atom. The molecule has 0 fully saturated rings. The lowest BCUT2D eigenvalue weighted by atomic mass is 10.1. The minimum Gasteiger partial charge on any atom is -0.452 e. The van der Waals surface area contributed by atoms with Crippen LogP contribution < -0.4 is 4.98 Å². The van der Waals surface area contributed by atoms with Gasteiger partial charge in [0.2, 0.25) is 9.20 Å². The summed E-state index contributed by atoms with van der Waals surface area (Å²) in [7, 11) is -1.38. The quantitative estimate of drug-likeness (QED) is 0.764. The van der Waals surface area contributed by atoms with E-state index in [0.29, 0.717) is 6.04 Å². The van der Waals surface area contributed by atoms with E-state index < -0.39 is 9.20 Å². The Balaban J connectivity index is 2.46. The lowest BCUT2D eigenvalue weighted by Gasteiger charge is -2.19. The van der Waals surface area contributed by atoms with Crippen LogP contribution in [0.2, 0.25) is 13.1 Å². The number of hydrogen-bond donors (Lipinski definition) is 1. The summed E-state index contributed by atoms with van der Waals surface area (Å²) in [5.74, 6) is 0. The largest absolute Gasteiger partial charge is 0.452 e. The molecule has 2 unspecified atom stereocenters. The molecule has 0 bridgehead atoms. The van der Waals surface area contributed by atoms with Gasteiger partial charge in [0.15, 0.2) is 0 Å². The highest BCUT2D eigenvalue weighted by molar-refractivity contribution is 6.54. The standard InChI is InChI=1S/C10H19NOSi2/c1-9(11-14(3)12-13-2)10-7-5-4-6-8-10/h4-9,11,14H,13H2,1-3H3. The van der Waals surface area contributed by atoms with Gasteiger partial charge in [-0.2, -0.15) is 0 Å². The van der Waals surface area contributed by atoms with Gasteiger partial charge >= 0.3 is 0 Å². The fourth-order valence-corrected chi connectivity index (χ4v) is 4.77. The first-order valence-corrected chi connectivity index (χ1v) is 9.36. The number of nitrogens with one attached hydrogen (secondary N) is 1. The third kappa shape index (κ3) is 3.75. The fraction of sp³-hybridized carbons (Fsp3) is 0.400. The van der Waals surface area contributed by atoms with E-state index in [9.17, 15) is 0 Å². The van der Waals surface area contributed by atoms with Crippen molar-refractivity contribution < 1.29 is 4.12 Å². The average Bonchev–Trinajstić information content (AvgIpc) is 2.19. The molecule has 2 nitrogen and oxygen atoms in total. The lowest BCUT2D eigenvalue weighted by Crippen LogP contribution is -2.36. The van der Waals surface area contributed by atoms with Crippen molar-refractivity contribution in [2.24, 2.45) is 0 Å². The van der Waals surface area contributed by atoms with Crippen molar-refractivity contribution in [3.8, 4) is 0 Å². The van der Waals surface area contributed by atoms with Crippen LogP contribution in [0.15, 0.2) is 30.3 Å². The number of benzene rings is 1. The summed E-state index contributed by atoms with van der Waals surface area (Å²) in [4.78, 5) is 3.55. The van der Waals surface area contributed by atoms with E-state index in [4.69, 9.17) is 4.12 Å². The third-order valence-corrected chi connectivity index (χ3v) is 6.50. The molecule has 0 aliphatic carbocycles. The predicted octanol–water partition coefficient (Wildman–Crippen LogP) is 1.34. The van der Waals surface area contributed by atoms with Crippen molar-refractivity contribution in [1.82, 2.24) is 4.98 Å². The molecular weight excluding hydrogens is 206 g/mol. The minimum absolute atomic E-state index is 0.257. The third-order valence-electron chi connectivity index (χ3n) is 2.20. The molecule has 1 N–H and O–H groups in total. The zero-order valence-corrected chi connectivity index (χ0v) is 11.7. The van der Waals surface area contributed by atoms with Gasteiger partial charge in [-0.25, -0.2) is 0 Å². The zero-order valence-electron chi connectivity index (χ0n) is 9.16. The van der Waals surface area contributed by atoms with Crippen LogP contribution in [0.5, 0.6) is 0 Å². The summed E-state index contributed by atoms with van der Waals surface area (Å²) in [6.07, 6.45) is 0. The normalized spacial score (nSPS) is 15.9. The summed E-state index contributed by atoms with van der Waals surface area (Å²) >= 11 is 0. The van der Waals surface area contributed by atoms with Gasteiger partial charge in [0.1, 0.15) is 9.76 Å². The van der Waals surface area contributed by atoms with Crippen LogP contribution in [0.3, 0.4) is 0 Å². The second-order valence-electron chi connectivity index (χ2n) is 3.40. The molecule has 0 aromatic heterocycles. The Hall–Kier alpha value is -0.426. The first-order valence-electron chi connectivity index (χ1n) is 5.16. The second kappa shape index (κ2) is 6.13. The van der Waals surface area contributed by atoms with Crippen molar-refractivity contribution in [3.05, 3.63) is 35.9 Å². The van der Waals surface area contributed by atoms with Gasteiger partial charge < -0.3 is 9.10 Å². The average molecular weight is 225 g/mol. The molecule has 0 amide bonds. The van der Waals surface area contributed by atoms with Gasteiger partial charge in [-0.1, -0.05) is 36.9 Å². The van der Waals surface area contributed by atoms with E-state index in [1.54, 1.807) is 0 Å². The maximum absolute atomic E-state index is 5.70. The lowest BCUT2D eigenvalue weighted by molar-refractivity contribution is 0.567. The molecule has 0 heterocycles. The van der Waals surface area contributed by atoms with E-state index in [0.717, 1.165) is 0 Å². The summed E-state index contributed by atoms with van der Waals surface area (Å²) in [5, 5.41) is 0. The van der Waals surface area contributed by atoms with Crippen molar-refractivity contribution in [1.29, 1.82) is 0 Å². The number of hydrogen-bond acceptors (Lipinski definition) is 2. The van der Waals surface area contributed by atoms with Crippen molar-refractivity contribution >= 4 is 19.0 Å². The molecular formula is C10H19NOSi2. The molecule has 0 radical (unpaired) electrons. The summed E-state index contributed by atoms with van der Waals surface area (Å²) in [5.41, 5.74) is 1.34. The van der Waals surface area contributed by atoms with Gasteiger partial charge in [0.25, 0.3) is 0 Å². The molecule has 4 heteroatoms. The Morgan fingerprint density at radius 3 is 2.57 bits per heavy atom. The number of rotatable bonds is 5. The van der Waals surface area contributed by atoms with Crippen LogP contribution in [0.4, 0.5) is 0 Å². The maximum atomic E-state index is 5.70. The van der Waals surface area contributed by atoms with Crippen LogP contribution in [0, 0.1) is 0 Å². The monoisotopic (exact) mass is 225 g/mol. The molecule has 0 saturated carbocycles. The van der Waals surface area contributed by atoms with Crippen LogP contribution in [0.25, 0.3) is 0 Å². The van der Waals surface area contributed by atoms with Crippen LogP contribution >= 0.6 is 0 Å². The smallest absolute Gasteiger partial charge is 0.238 e. The van der Waals surface area contributed by atoms with E-state index in [2.05, 4.69) is 49.3 Å². The topological polar surface area (TPSA) is 21.3 Å². The second-order valence-corrected chi connectivity index (χ2v) is 6.93. The molecule has 14 heavy (non-hydrogen) atoms. The molecule has 1 aromatic rings. The van der Waals surface area contributed by atoms with Gasteiger partial charge in [-0.3, -0.25) is 0 Å².